The second-order valence-electron chi connectivity index (χ2n) is 6.20. The second kappa shape index (κ2) is 6.75. The van der Waals surface area contributed by atoms with Crippen molar-refractivity contribution < 1.29 is 22.8 Å². The van der Waals surface area contributed by atoms with Gasteiger partial charge < -0.3 is 15.2 Å². The van der Waals surface area contributed by atoms with E-state index in [9.17, 15) is 22.8 Å². The summed E-state index contributed by atoms with van der Waals surface area (Å²) < 4.78 is 39.4. The molecule has 2 amide bonds. The molecular weight excluding hydrogens is 393 g/mol. The zero-order valence-electron chi connectivity index (χ0n) is 13.8. The number of nitrogens with one attached hydrogen (secondary N) is 2. The first-order valence-electron chi connectivity index (χ1n) is 7.66. The van der Waals surface area contributed by atoms with Gasteiger partial charge in [0.25, 0.3) is 0 Å². The molecule has 6 nitrogen and oxygen atoms in total. The molecule has 1 unspecified atom stereocenters. The van der Waals surface area contributed by atoms with Gasteiger partial charge in [-0.2, -0.15) is 13.2 Å². The number of alkyl halides is 3. The van der Waals surface area contributed by atoms with Crippen molar-refractivity contribution in [2.24, 2.45) is 11.8 Å². The van der Waals surface area contributed by atoms with E-state index >= 15 is 0 Å². The highest BCUT2D eigenvalue weighted by Gasteiger charge is 2.50. The van der Waals surface area contributed by atoms with Gasteiger partial charge in [-0.1, -0.05) is 11.6 Å². The van der Waals surface area contributed by atoms with E-state index in [-0.39, 0.29) is 12.2 Å². The molecule has 0 radical (unpaired) electrons. The van der Waals surface area contributed by atoms with Crippen LogP contribution in [-0.4, -0.2) is 54.6 Å². The topological polar surface area (TPSA) is 64.7 Å². The van der Waals surface area contributed by atoms with Crippen molar-refractivity contribution in [1.29, 1.82) is 0 Å². The molecule has 3 atom stereocenters. The molecule has 1 fully saturated rings. The number of amides is 2. The maximum absolute atomic E-state index is 13.0. The van der Waals surface area contributed by atoms with E-state index in [1.807, 2.05) is 0 Å². The molecule has 1 aromatic rings. The number of likely N-dealkylation sites (tertiary alicyclic amines) is 1. The fraction of sp³-hybridized carbons (Fsp3) is 0.467. The fourth-order valence-electron chi connectivity index (χ4n) is 3.19. The number of rotatable bonds is 3. The van der Waals surface area contributed by atoms with Crippen LogP contribution >= 0.6 is 22.9 Å². The quantitative estimate of drug-likeness (QED) is 0.753. The molecule has 3 rings (SSSR count). The third-order valence-electron chi connectivity index (χ3n) is 4.46. The number of nitrogens with zero attached hydrogens (tertiary/aromatic N) is 2. The van der Waals surface area contributed by atoms with Crippen LogP contribution in [0.15, 0.2) is 23.2 Å². The summed E-state index contributed by atoms with van der Waals surface area (Å²) in [5.74, 6) is -2.86. The molecule has 0 aromatic carbocycles. The first-order chi connectivity index (χ1) is 12.1. The number of hydrogen-bond acceptors (Lipinski definition) is 5. The molecule has 2 aliphatic heterocycles. The molecule has 0 bridgehead atoms. The highest BCUT2D eigenvalue weighted by Crippen LogP contribution is 2.37. The third kappa shape index (κ3) is 3.40. The van der Waals surface area contributed by atoms with Crippen LogP contribution in [0.2, 0.25) is 4.34 Å². The Bertz CT molecular complexity index is 766. The Balaban J connectivity index is 1.87. The smallest absolute Gasteiger partial charge is 0.344 e. The molecule has 1 aromatic heterocycles. The predicted octanol–water partition coefficient (Wildman–Crippen LogP) is 2.31. The Kier molecular flexibility index (Phi) is 4.93. The van der Waals surface area contributed by atoms with Crippen molar-refractivity contribution in [2.45, 2.75) is 12.2 Å². The van der Waals surface area contributed by atoms with Crippen LogP contribution in [0.5, 0.6) is 0 Å². The number of carbonyl (C=O) groups excluding carboxylic acids is 2. The van der Waals surface area contributed by atoms with Crippen LogP contribution in [-0.2, 0) is 9.59 Å². The Labute approximate surface area is 156 Å². The van der Waals surface area contributed by atoms with E-state index in [4.69, 9.17) is 11.6 Å². The highest BCUT2D eigenvalue weighted by molar-refractivity contribution is 7.15. The van der Waals surface area contributed by atoms with Gasteiger partial charge in [-0.15, -0.1) is 11.3 Å². The number of anilines is 1. The molecule has 1 saturated heterocycles. The van der Waals surface area contributed by atoms with Crippen LogP contribution in [0, 0.1) is 11.8 Å². The summed E-state index contributed by atoms with van der Waals surface area (Å²) in [6.07, 6.45) is -3.44. The van der Waals surface area contributed by atoms with Crippen LogP contribution in [0.25, 0.3) is 0 Å². The molecule has 2 N–H and O–H groups in total. The number of carbonyl (C=O) groups is 2. The van der Waals surface area contributed by atoms with Gasteiger partial charge in [0.05, 0.1) is 5.69 Å². The minimum Gasteiger partial charge on any atom is -0.344 e. The van der Waals surface area contributed by atoms with Crippen LogP contribution in [0.4, 0.5) is 18.9 Å². The summed E-state index contributed by atoms with van der Waals surface area (Å²) in [5, 5.41) is 5.51. The van der Waals surface area contributed by atoms with Crippen LogP contribution < -0.4 is 10.7 Å². The lowest BCUT2D eigenvalue weighted by atomic mass is 9.90. The van der Waals surface area contributed by atoms with Gasteiger partial charge >= 0.3 is 6.18 Å². The number of halogens is 4. The van der Waals surface area contributed by atoms with E-state index in [1.165, 1.54) is 35.3 Å². The fourth-order valence-corrected chi connectivity index (χ4v) is 4.03. The van der Waals surface area contributed by atoms with E-state index in [2.05, 4.69) is 10.7 Å². The molecular formula is C15H16ClF3N4O2S. The summed E-state index contributed by atoms with van der Waals surface area (Å²) >= 11 is 7.19. The summed E-state index contributed by atoms with van der Waals surface area (Å²) in [4.78, 5) is 26.5. The summed E-state index contributed by atoms with van der Waals surface area (Å²) in [6.45, 7) is 0.150. The minimum atomic E-state index is -4.47. The lowest BCUT2D eigenvalue weighted by Crippen LogP contribution is -2.44. The lowest BCUT2D eigenvalue weighted by molar-refractivity contribution is -0.149. The summed E-state index contributed by atoms with van der Waals surface area (Å²) in [6, 6.07) is -0.246. The molecule has 3 heterocycles. The van der Waals surface area contributed by atoms with Gasteiger partial charge in [0.15, 0.2) is 0 Å². The van der Waals surface area contributed by atoms with Gasteiger partial charge in [-0.3, -0.25) is 9.59 Å². The average molecular weight is 409 g/mol. The van der Waals surface area contributed by atoms with Crippen LogP contribution in [0.3, 0.4) is 0 Å². The van der Waals surface area contributed by atoms with Crippen molar-refractivity contribution in [3.05, 3.63) is 27.6 Å². The first kappa shape index (κ1) is 19.0. The first-order valence-corrected chi connectivity index (χ1v) is 8.92. The third-order valence-corrected chi connectivity index (χ3v) is 5.63. The van der Waals surface area contributed by atoms with Gasteiger partial charge in [0.2, 0.25) is 11.8 Å². The van der Waals surface area contributed by atoms with Crippen LogP contribution in [0.1, 0.15) is 0 Å². The zero-order chi connectivity index (χ0) is 19.2. The average Bonchev–Trinajstić information content (AvgIpc) is 3.19. The maximum Gasteiger partial charge on any atom is 0.409 e. The standard InChI is InChI=1S/C15H16ClF3N4O2S/c1-22-6-7(9-5-10(15(17,18)19)21-23(9)2)11(14(22)25)13(24)20-8-3-4-26-12(8)16/h3-5,7,10-11,21H,6H2,1-2H3,(H,20,24)/t7-,10?,11+/m1/s1. The van der Waals surface area contributed by atoms with Gasteiger partial charge in [0, 0.05) is 32.3 Å². The van der Waals surface area contributed by atoms with E-state index < -0.39 is 35.9 Å². The van der Waals surface area contributed by atoms with Crippen molar-refractivity contribution in [1.82, 2.24) is 15.3 Å². The van der Waals surface area contributed by atoms with Gasteiger partial charge in [-0.25, -0.2) is 5.43 Å². The van der Waals surface area contributed by atoms with Gasteiger partial charge in [0.1, 0.15) is 16.3 Å². The summed E-state index contributed by atoms with van der Waals surface area (Å²) in [7, 11) is 2.95. The monoisotopic (exact) mass is 408 g/mol. The largest absolute Gasteiger partial charge is 0.409 e. The van der Waals surface area contributed by atoms with Crippen molar-refractivity contribution in [3.63, 3.8) is 0 Å². The SMILES string of the molecule is CN1C[C@H](C2=CC(C(F)(F)F)NN2C)[C@@H](C(=O)Nc2ccsc2Cl)C1=O. The van der Waals surface area contributed by atoms with Crippen molar-refractivity contribution in [3.8, 4) is 0 Å². The zero-order valence-corrected chi connectivity index (χ0v) is 15.4. The Hall–Kier alpha value is -1.78. The van der Waals surface area contributed by atoms with E-state index in [0.29, 0.717) is 10.0 Å². The van der Waals surface area contributed by atoms with Crippen molar-refractivity contribution >= 4 is 40.4 Å². The normalized spacial score (nSPS) is 26.5. The predicted molar refractivity (Wildman–Crippen MR) is 91.4 cm³/mol. The Morgan fingerprint density at radius 1 is 1.42 bits per heavy atom. The van der Waals surface area contributed by atoms with E-state index in [1.54, 1.807) is 11.4 Å². The Morgan fingerprint density at radius 3 is 2.65 bits per heavy atom. The number of hydrogen-bond donors (Lipinski definition) is 2. The minimum absolute atomic E-state index is 0.150. The molecule has 2 aliphatic rings. The Morgan fingerprint density at radius 2 is 2.12 bits per heavy atom. The molecule has 0 aliphatic carbocycles. The van der Waals surface area contributed by atoms with Gasteiger partial charge in [-0.05, 0) is 17.5 Å². The highest BCUT2D eigenvalue weighted by atomic mass is 35.5. The molecule has 0 spiro atoms. The molecule has 11 heteroatoms. The van der Waals surface area contributed by atoms with Crippen molar-refractivity contribution in [2.75, 3.05) is 26.0 Å². The lowest BCUT2D eigenvalue weighted by Gasteiger charge is -2.25. The van der Waals surface area contributed by atoms with E-state index in [0.717, 1.165) is 6.08 Å². The maximum atomic E-state index is 13.0. The number of hydrazine groups is 1. The number of thiophene rings is 1. The molecule has 0 saturated carbocycles. The molecule has 26 heavy (non-hydrogen) atoms. The second-order valence-corrected chi connectivity index (χ2v) is 7.72. The summed E-state index contributed by atoms with van der Waals surface area (Å²) in [5.41, 5.74) is 2.94. The molecule has 142 valence electrons.